The fourth-order valence-electron chi connectivity index (χ4n) is 2.19. The van der Waals surface area contributed by atoms with E-state index < -0.39 is 0 Å². The van der Waals surface area contributed by atoms with Crippen LogP contribution in [0.2, 0.25) is 0 Å². The molecule has 0 aliphatic carbocycles. The van der Waals surface area contributed by atoms with Crippen LogP contribution in [0.15, 0.2) is 66.0 Å². The molecular formula is C20H19NO3S. The van der Waals surface area contributed by atoms with Crippen LogP contribution in [0.25, 0.3) is 0 Å². The highest BCUT2D eigenvalue weighted by molar-refractivity contribution is 7.10. The molecule has 0 radical (unpaired) electrons. The average molecular weight is 353 g/mol. The minimum atomic E-state index is -0.141. The fourth-order valence-corrected chi connectivity index (χ4v) is 3.04. The molecule has 0 aliphatic rings. The van der Waals surface area contributed by atoms with Gasteiger partial charge in [-0.2, -0.15) is 0 Å². The summed E-state index contributed by atoms with van der Waals surface area (Å²) in [5.41, 5.74) is 1.19. The van der Waals surface area contributed by atoms with Gasteiger partial charge in [0.15, 0.2) is 6.61 Å². The van der Waals surface area contributed by atoms with Gasteiger partial charge in [-0.25, -0.2) is 0 Å². The standard InChI is InChI=1S/C20H19NO3S/c1-15-11-12-25-19(15)13-21-20(22)14-23-16-7-9-18(10-8-16)24-17-5-3-2-4-6-17/h2-12H,13-14H2,1H3,(H,21,22). The second-order valence-electron chi connectivity index (χ2n) is 5.48. The van der Waals surface area contributed by atoms with Crippen LogP contribution in [0, 0.1) is 6.92 Å². The first-order chi connectivity index (χ1) is 12.2. The van der Waals surface area contributed by atoms with Crippen molar-refractivity contribution in [2.45, 2.75) is 13.5 Å². The van der Waals surface area contributed by atoms with Crippen molar-refractivity contribution in [3.05, 3.63) is 76.5 Å². The third-order valence-corrected chi connectivity index (χ3v) is 4.61. The van der Waals surface area contributed by atoms with Gasteiger partial charge >= 0.3 is 0 Å². The Morgan fingerprint density at radius 3 is 2.32 bits per heavy atom. The van der Waals surface area contributed by atoms with E-state index >= 15 is 0 Å². The third-order valence-electron chi connectivity index (χ3n) is 3.59. The van der Waals surface area contributed by atoms with E-state index in [-0.39, 0.29) is 12.5 Å². The van der Waals surface area contributed by atoms with Crippen LogP contribution in [-0.4, -0.2) is 12.5 Å². The Morgan fingerprint density at radius 2 is 1.64 bits per heavy atom. The van der Waals surface area contributed by atoms with Gasteiger partial charge in [0.1, 0.15) is 17.2 Å². The summed E-state index contributed by atoms with van der Waals surface area (Å²) in [6, 6.07) is 18.8. The summed E-state index contributed by atoms with van der Waals surface area (Å²) in [6.45, 7) is 2.56. The molecule has 0 aliphatic heterocycles. The number of amides is 1. The summed E-state index contributed by atoms with van der Waals surface area (Å²) in [6.07, 6.45) is 0. The highest BCUT2D eigenvalue weighted by Gasteiger charge is 2.05. The molecule has 5 heteroatoms. The first kappa shape index (κ1) is 17.0. The molecule has 1 aromatic heterocycles. The van der Waals surface area contributed by atoms with Crippen molar-refractivity contribution in [2.75, 3.05) is 6.61 Å². The zero-order valence-electron chi connectivity index (χ0n) is 13.9. The monoisotopic (exact) mass is 353 g/mol. The molecule has 1 N–H and O–H groups in total. The second-order valence-corrected chi connectivity index (χ2v) is 6.48. The van der Waals surface area contributed by atoms with E-state index in [9.17, 15) is 4.79 Å². The number of rotatable bonds is 7. The number of ether oxygens (including phenoxy) is 2. The Labute approximate surface area is 151 Å². The number of benzene rings is 2. The number of carbonyl (C=O) groups excluding carboxylic acids is 1. The van der Waals surface area contributed by atoms with Crippen molar-refractivity contribution in [1.29, 1.82) is 0 Å². The maximum Gasteiger partial charge on any atom is 0.258 e. The van der Waals surface area contributed by atoms with Crippen LogP contribution in [0.4, 0.5) is 0 Å². The molecule has 3 aromatic rings. The average Bonchev–Trinajstić information content (AvgIpc) is 3.05. The van der Waals surface area contributed by atoms with E-state index in [1.165, 1.54) is 5.56 Å². The van der Waals surface area contributed by atoms with E-state index in [1.807, 2.05) is 60.8 Å². The molecule has 4 nitrogen and oxygen atoms in total. The number of para-hydroxylation sites is 1. The number of aryl methyl sites for hydroxylation is 1. The minimum Gasteiger partial charge on any atom is -0.484 e. The van der Waals surface area contributed by atoms with Crippen molar-refractivity contribution in [2.24, 2.45) is 0 Å². The molecule has 2 aromatic carbocycles. The smallest absolute Gasteiger partial charge is 0.258 e. The van der Waals surface area contributed by atoms with Gasteiger partial charge in [0, 0.05) is 4.88 Å². The molecule has 0 fully saturated rings. The topological polar surface area (TPSA) is 47.6 Å². The van der Waals surface area contributed by atoms with Gasteiger partial charge in [-0.3, -0.25) is 4.79 Å². The van der Waals surface area contributed by atoms with Crippen LogP contribution >= 0.6 is 11.3 Å². The molecule has 0 bridgehead atoms. The molecule has 0 atom stereocenters. The number of hydrogen-bond donors (Lipinski definition) is 1. The summed E-state index contributed by atoms with van der Waals surface area (Å²) in [5, 5.41) is 4.88. The van der Waals surface area contributed by atoms with Crippen molar-refractivity contribution in [1.82, 2.24) is 5.32 Å². The van der Waals surface area contributed by atoms with Gasteiger partial charge in [0.05, 0.1) is 6.54 Å². The Bertz CT molecular complexity index is 812. The van der Waals surface area contributed by atoms with Gasteiger partial charge in [0.25, 0.3) is 5.91 Å². The predicted molar refractivity (Wildman–Crippen MR) is 99.4 cm³/mol. The molecular weight excluding hydrogens is 334 g/mol. The largest absolute Gasteiger partial charge is 0.484 e. The molecule has 0 spiro atoms. The highest BCUT2D eigenvalue weighted by Crippen LogP contribution is 2.23. The zero-order chi connectivity index (χ0) is 17.5. The summed E-state index contributed by atoms with van der Waals surface area (Å²) < 4.78 is 11.2. The number of nitrogens with one attached hydrogen (secondary N) is 1. The Balaban J connectivity index is 1.45. The highest BCUT2D eigenvalue weighted by atomic mass is 32.1. The molecule has 25 heavy (non-hydrogen) atoms. The third kappa shape index (κ3) is 5.09. The minimum absolute atomic E-state index is 0.0106. The predicted octanol–water partition coefficient (Wildman–Crippen LogP) is 4.54. The normalized spacial score (nSPS) is 10.3. The number of thiophene rings is 1. The Kier molecular flexibility index (Phi) is 5.69. The van der Waals surface area contributed by atoms with Crippen LogP contribution in [-0.2, 0) is 11.3 Å². The summed E-state index contributed by atoms with van der Waals surface area (Å²) in [4.78, 5) is 13.0. The number of hydrogen-bond acceptors (Lipinski definition) is 4. The SMILES string of the molecule is Cc1ccsc1CNC(=O)COc1ccc(Oc2ccccc2)cc1. The van der Waals surface area contributed by atoms with Crippen molar-refractivity contribution in [3.8, 4) is 17.2 Å². The quantitative estimate of drug-likeness (QED) is 0.678. The molecule has 1 heterocycles. The van der Waals surface area contributed by atoms with E-state index in [0.29, 0.717) is 12.3 Å². The first-order valence-electron chi connectivity index (χ1n) is 7.96. The van der Waals surface area contributed by atoms with Crippen LogP contribution < -0.4 is 14.8 Å². The van der Waals surface area contributed by atoms with E-state index in [4.69, 9.17) is 9.47 Å². The van der Waals surface area contributed by atoms with E-state index in [0.717, 1.165) is 16.4 Å². The maximum atomic E-state index is 11.9. The van der Waals surface area contributed by atoms with Crippen molar-refractivity contribution < 1.29 is 14.3 Å². The number of carbonyl (C=O) groups is 1. The zero-order valence-corrected chi connectivity index (χ0v) is 14.7. The van der Waals surface area contributed by atoms with E-state index in [2.05, 4.69) is 5.32 Å². The van der Waals surface area contributed by atoms with Crippen LogP contribution in [0.5, 0.6) is 17.2 Å². The summed E-state index contributed by atoms with van der Waals surface area (Å²) >= 11 is 1.64. The summed E-state index contributed by atoms with van der Waals surface area (Å²) in [5.74, 6) is 1.98. The van der Waals surface area contributed by atoms with Crippen molar-refractivity contribution >= 4 is 17.2 Å². The van der Waals surface area contributed by atoms with Crippen LogP contribution in [0.3, 0.4) is 0 Å². The molecule has 0 saturated carbocycles. The second kappa shape index (κ2) is 8.35. The molecule has 1 amide bonds. The molecule has 128 valence electrons. The lowest BCUT2D eigenvalue weighted by molar-refractivity contribution is -0.123. The summed E-state index contributed by atoms with van der Waals surface area (Å²) in [7, 11) is 0. The molecule has 0 saturated heterocycles. The van der Waals surface area contributed by atoms with Crippen LogP contribution in [0.1, 0.15) is 10.4 Å². The lowest BCUT2D eigenvalue weighted by atomic mass is 10.3. The lowest BCUT2D eigenvalue weighted by Gasteiger charge is -2.09. The van der Waals surface area contributed by atoms with Gasteiger partial charge < -0.3 is 14.8 Å². The fraction of sp³-hybridized carbons (Fsp3) is 0.150. The Hall–Kier alpha value is -2.79. The van der Waals surface area contributed by atoms with E-state index in [1.54, 1.807) is 23.5 Å². The maximum absolute atomic E-state index is 11.9. The molecule has 0 unspecified atom stereocenters. The first-order valence-corrected chi connectivity index (χ1v) is 8.84. The molecule has 3 rings (SSSR count). The van der Waals surface area contributed by atoms with Gasteiger partial charge in [-0.15, -0.1) is 11.3 Å². The lowest BCUT2D eigenvalue weighted by Crippen LogP contribution is -2.28. The Morgan fingerprint density at radius 1 is 0.960 bits per heavy atom. The van der Waals surface area contributed by atoms with Gasteiger partial charge in [-0.1, -0.05) is 18.2 Å². The van der Waals surface area contributed by atoms with Gasteiger partial charge in [-0.05, 0) is 60.3 Å². The van der Waals surface area contributed by atoms with Gasteiger partial charge in [0.2, 0.25) is 0 Å². The van der Waals surface area contributed by atoms with Crippen molar-refractivity contribution in [3.63, 3.8) is 0 Å².